The maximum absolute atomic E-state index is 9.68. The van der Waals surface area contributed by atoms with Crippen LogP contribution in [0.4, 0.5) is 0 Å². The molecule has 0 aromatic rings. The average molecular weight is 128 g/mol. The molecular weight excluding hydrogens is 119 g/mol. The Morgan fingerprint density at radius 1 is 1.88 bits per heavy atom. The van der Waals surface area contributed by atoms with Crippen molar-refractivity contribution in [3.05, 3.63) is 0 Å². The first kappa shape index (κ1) is 11.4. The van der Waals surface area contributed by atoms with Crippen LogP contribution in [0.2, 0.25) is 0 Å². The summed E-state index contributed by atoms with van der Waals surface area (Å²) in [5, 5.41) is 8.17. The van der Waals surface area contributed by atoms with Gasteiger partial charge in [-0.15, -0.1) is 0 Å². The normalized spacial score (nSPS) is 11.8. The summed E-state index contributed by atoms with van der Waals surface area (Å²) in [6.07, 6.45) is -0.0833. The molecule has 0 aliphatic heterocycles. The molecule has 0 aromatic heterocycles. The van der Waals surface area contributed by atoms with Crippen LogP contribution in [0, 0.1) is 0 Å². The first-order chi connectivity index (χ1) is 3.35. The van der Waals surface area contributed by atoms with E-state index >= 15 is 0 Å². The number of hydrogen-bond acceptors (Lipinski definition) is 3. The van der Waals surface area contributed by atoms with Gasteiger partial charge in [0.05, 0.1) is 6.61 Å². The molecule has 0 amide bonds. The molecule has 1 unspecified atom stereocenters. The zero-order chi connectivity index (χ0) is 5.70. The van der Waals surface area contributed by atoms with Gasteiger partial charge in [0, 0.05) is 7.11 Å². The fourth-order valence-electron chi connectivity index (χ4n) is 0.173. The molecular formula is C4H9NaO3. The summed E-state index contributed by atoms with van der Waals surface area (Å²) < 4.78 is 4.43. The third kappa shape index (κ3) is 4.74. The van der Waals surface area contributed by atoms with E-state index in [1.54, 1.807) is 0 Å². The zero-order valence-electron chi connectivity index (χ0n) is 4.13. The van der Waals surface area contributed by atoms with E-state index in [1.807, 2.05) is 0 Å². The monoisotopic (exact) mass is 128 g/mol. The summed E-state index contributed by atoms with van der Waals surface area (Å²) >= 11 is 0. The predicted octanol–water partition coefficient (Wildman–Crippen LogP) is -1.46. The van der Waals surface area contributed by atoms with Gasteiger partial charge in [0.2, 0.25) is 0 Å². The Morgan fingerprint density at radius 3 is 2.38 bits per heavy atom. The summed E-state index contributed by atoms with van der Waals surface area (Å²) in [6, 6.07) is 0. The van der Waals surface area contributed by atoms with Crippen LogP contribution in [0.5, 0.6) is 0 Å². The van der Waals surface area contributed by atoms with Crippen molar-refractivity contribution in [2.45, 2.75) is 6.10 Å². The van der Waals surface area contributed by atoms with Crippen LogP contribution in [0.25, 0.3) is 0 Å². The van der Waals surface area contributed by atoms with E-state index in [0.29, 0.717) is 6.29 Å². The molecule has 44 valence electrons. The second-order valence-electron chi connectivity index (χ2n) is 1.09. The van der Waals surface area contributed by atoms with Crippen LogP contribution >= 0.6 is 0 Å². The molecule has 0 radical (unpaired) electrons. The van der Waals surface area contributed by atoms with Crippen LogP contribution < -0.4 is 0 Å². The van der Waals surface area contributed by atoms with Gasteiger partial charge in [-0.3, -0.25) is 0 Å². The molecule has 0 aliphatic rings. The maximum atomic E-state index is 9.68. The molecule has 0 heterocycles. The van der Waals surface area contributed by atoms with Crippen molar-refractivity contribution in [3.63, 3.8) is 0 Å². The third-order valence-corrected chi connectivity index (χ3v) is 0.634. The van der Waals surface area contributed by atoms with E-state index in [-0.39, 0.29) is 36.2 Å². The Balaban J connectivity index is 0. The van der Waals surface area contributed by atoms with Crippen molar-refractivity contribution in [2.75, 3.05) is 13.7 Å². The molecule has 0 fully saturated rings. The average Bonchev–Trinajstić information content (AvgIpc) is 1.72. The number of hydrogen-bond donors (Lipinski definition) is 1. The van der Waals surface area contributed by atoms with Crippen molar-refractivity contribution in [3.8, 4) is 0 Å². The second-order valence-corrected chi connectivity index (χ2v) is 1.09. The van der Waals surface area contributed by atoms with Gasteiger partial charge in [-0.2, -0.15) is 0 Å². The minimum atomic E-state index is -0.639. The molecule has 0 aromatic carbocycles. The Hall–Kier alpha value is 0.590. The van der Waals surface area contributed by atoms with Gasteiger partial charge in [-0.05, 0) is 0 Å². The number of carbonyl (C=O) groups excluding carboxylic acids is 1. The molecule has 1 N–H and O–H groups in total. The molecule has 0 aliphatic carbocycles. The molecule has 0 saturated heterocycles. The summed E-state index contributed by atoms with van der Waals surface area (Å²) in [5.41, 5.74) is 0. The fourth-order valence-corrected chi connectivity index (χ4v) is 0.173. The SMILES string of the molecule is COC(C=O)CO.[NaH]. The zero-order valence-corrected chi connectivity index (χ0v) is 4.13. The summed E-state index contributed by atoms with van der Waals surface area (Å²) in [6.45, 7) is -0.236. The second kappa shape index (κ2) is 7.59. The number of rotatable bonds is 3. The fraction of sp³-hybridized carbons (Fsp3) is 0.750. The van der Waals surface area contributed by atoms with E-state index in [9.17, 15) is 4.79 Å². The van der Waals surface area contributed by atoms with Crippen LogP contribution in [0.1, 0.15) is 0 Å². The number of aliphatic hydroxyl groups excluding tert-OH is 1. The summed E-state index contributed by atoms with van der Waals surface area (Å²) in [4.78, 5) is 9.68. The topological polar surface area (TPSA) is 46.5 Å². The third-order valence-electron chi connectivity index (χ3n) is 0.634. The quantitative estimate of drug-likeness (QED) is 0.373. The standard InChI is InChI=1S/C4H8O3.Na.H/c1-7-4(2-5)3-6;;/h2,4,6H,3H2,1H3;;. The van der Waals surface area contributed by atoms with Gasteiger partial charge in [0.1, 0.15) is 6.10 Å². The number of aldehydes is 1. The van der Waals surface area contributed by atoms with E-state index in [4.69, 9.17) is 5.11 Å². The summed E-state index contributed by atoms with van der Waals surface area (Å²) in [5.74, 6) is 0. The number of aliphatic hydroxyl groups is 1. The van der Waals surface area contributed by atoms with Crippen LogP contribution in [0.15, 0.2) is 0 Å². The van der Waals surface area contributed by atoms with Gasteiger partial charge in [0.25, 0.3) is 0 Å². The Kier molecular flexibility index (Phi) is 10.8. The number of ether oxygens (including phenoxy) is 1. The van der Waals surface area contributed by atoms with Gasteiger partial charge in [0.15, 0.2) is 6.29 Å². The van der Waals surface area contributed by atoms with Crippen LogP contribution in [0.3, 0.4) is 0 Å². The molecule has 0 saturated carbocycles. The van der Waals surface area contributed by atoms with Gasteiger partial charge in [-0.25, -0.2) is 0 Å². The van der Waals surface area contributed by atoms with Crippen LogP contribution in [-0.4, -0.2) is 60.8 Å². The molecule has 4 heteroatoms. The molecule has 0 bridgehead atoms. The van der Waals surface area contributed by atoms with E-state index in [2.05, 4.69) is 4.74 Å². The summed E-state index contributed by atoms with van der Waals surface area (Å²) in [7, 11) is 1.37. The van der Waals surface area contributed by atoms with Gasteiger partial charge >= 0.3 is 29.6 Å². The van der Waals surface area contributed by atoms with Crippen molar-refractivity contribution in [1.29, 1.82) is 0 Å². The Bertz CT molecular complexity index is 53.2. The van der Waals surface area contributed by atoms with Crippen LogP contribution in [-0.2, 0) is 9.53 Å². The predicted molar refractivity (Wildman–Crippen MR) is 31.1 cm³/mol. The van der Waals surface area contributed by atoms with Crippen molar-refractivity contribution in [1.82, 2.24) is 0 Å². The molecule has 8 heavy (non-hydrogen) atoms. The Morgan fingerprint density at radius 2 is 2.38 bits per heavy atom. The van der Waals surface area contributed by atoms with E-state index in [1.165, 1.54) is 7.11 Å². The molecule has 0 spiro atoms. The number of carbonyl (C=O) groups is 1. The number of methoxy groups -OCH3 is 1. The Labute approximate surface area is 70.3 Å². The first-order valence-corrected chi connectivity index (χ1v) is 1.94. The van der Waals surface area contributed by atoms with Crippen molar-refractivity contribution < 1.29 is 14.6 Å². The van der Waals surface area contributed by atoms with Crippen molar-refractivity contribution >= 4 is 35.8 Å². The molecule has 1 atom stereocenters. The minimum absolute atomic E-state index is 0. The molecule has 3 nitrogen and oxygen atoms in total. The van der Waals surface area contributed by atoms with E-state index < -0.39 is 6.10 Å². The first-order valence-electron chi connectivity index (χ1n) is 1.94. The molecule has 0 rings (SSSR count). The van der Waals surface area contributed by atoms with Crippen molar-refractivity contribution in [2.24, 2.45) is 0 Å². The van der Waals surface area contributed by atoms with Gasteiger partial charge in [-0.1, -0.05) is 0 Å². The van der Waals surface area contributed by atoms with E-state index in [0.717, 1.165) is 0 Å². The van der Waals surface area contributed by atoms with Gasteiger partial charge < -0.3 is 14.6 Å².